The summed E-state index contributed by atoms with van der Waals surface area (Å²) in [7, 11) is 0. The molecule has 174 valence electrons. The Hall–Kier alpha value is -3.37. The Morgan fingerprint density at radius 3 is 2.64 bits per heavy atom. The van der Waals surface area contributed by atoms with Crippen molar-refractivity contribution in [2.24, 2.45) is 0 Å². The second kappa shape index (κ2) is 8.20. The topological polar surface area (TPSA) is 65.8 Å². The van der Waals surface area contributed by atoms with Crippen LogP contribution in [0.3, 0.4) is 0 Å². The smallest absolute Gasteiger partial charge is 0.349 e. The monoisotopic (exact) mass is 462 g/mol. The van der Waals surface area contributed by atoms with Gasteiger partial charge in [0.05, 0.1) is 17.8 Å². The number of carbonyl (C=O) groups excluding carboxylic acids is 1. The zero-order valence-corrected chi connectivity index (χ0v) is 17.6. The molecule has 0 bridgehead atoms. The van der Waals surface area contributed by atoms with Crippen LogP contribution in [0.4, 0.5) is 33.9 Å². The number of likely N-dealkylation sites (tertiary alicyclic amines) is 1. The van der Waals surface area contributed by atoms with Crippen LogP contribution in [0.5, 0.6) is 0 Å². The first-order chi connectivity index (χ1) is 15.8. The molecule has 1 N–H and O–H groups in total. The van der Waals surface area contributed by atoms with Crippen molar-refractivity contribution in [2.75, 3.05) is 29.9 Å². The molecular weight excluding hydrogens is 440 g/mol. The number of benzene rings is 1. The molecule has 1 unspecified atom stereocenters. The lowest BCUT2D eigenvalue weighted by Crippen LogP contribution is -2.32. The van der Waals surface area contributed by atoms with Crippen LogP contribution in [0.1, 0.15) is 42.9 Å². The van der Waals surface area contributed by atoms with Gasteiger partial charge in [-0.2, -0.15) is 18.3 Å². The number of fused-ring (bicyclic) bond motifs is 1. The number of anilines is 2. The van der Waals surface area contributed by atoms with Crippen molar-refractivity contribution in [2.45, 2.75) is 37.9 Å². The van der Waals surface area contributed by atoms with Gasteiger partial charge in [0.25, 0.3) is 0 Å². The van der Waals surface area contributed by atoms with Crippen LogP contribution in [0.15, 0.2) is 36.7 Å². The average molecular weight is 462 g/mol. The van der Waals surface area contributed by atoms with E-state index in [-0.39, 0.29) is 11.6 Å². The number of alkyl halides is 3. The van der Waals surface area contributed by atoms with E-state index in [1.165, 1.54) is 10.7 Å². The highest BCUT2D eigenvalue weighted by molar-refractivity contribution is 5.93. The molecule has 3 aromatic rings. The third kappa shape index (κ3) is 4.07. The number of aromatic nitrogens is 3. The van der Waals surface area contributed by atoms with E-state index in [1.54, 1.807) is 22.1 Å². The Balaban J connectivity index is 1.48. The normalized spacial score (nSPS) is 19.0. The predicted molar refractivity (Wildman–Crippen MR) is 114 cm³/mol. The molecule has 33 heavy (non-hydrogen) atoms. The summed E-state index contributed by atoms with van der Waals surface area (Å²) in [4.78, 5) is 20.6. The number of halogens is 4. The van der Waals surface area contributed by atoms with Gasteiger partial charge in [0.2, 0.25) is 0 Å². The molecule has 0 radical (unpaired) electrons. The van der Waals surface area contributed by atoms with Crippen LogP contribution in [0.25, 0.3) is 5.65 Å². The van der Waals surface area contributed by atoms with Crippen molar-refractivity contribution in [1.82, 2.24) is 19.5 Å². The number of carbonyl (C=O) groups is 1. The summed E-state index contributed by atoms with van der Waals surface area (Å²) in [6.45, 7) is 1.86. The first-order valence-electron chi connectivity index (χ1n) is 10.8. The quantitative estimate of drug-likeness (QED) is 0.565. The second-order valence-electron chi connectivity index (χ2n) is 8.32. The second-order valence-corrected chi connectivity index (χ2v) is 8.32. The molecule has 0 saturated carbocycles. The van der Waals surface area contributed by atoms with Crippen LogP contribution >= 0.6 is 0 Å². The van der Waals surface area contributed by atoms with Crippen LogP contribution in [0.2, 0.25) is 0 Å². The molecule has 1 atom stereocenters. The Kier molecular flexibility index (Phi) is 5.34. The van der Waals surface area contributed by atoms with Gasteiger partial charge < -0.3 is 15.1 Å². The highest BCUT2D eigenvalue weighted by Crippen LogP contribution is 2.42. The zero-order valence-electron chi connectivity index (χ0n) is 17.6. The van der Waals surface area contributed by atoms with Gasteiger partial charge in [-0.15, -0.1) is 0 Å². The van der Waals surface area contributed by atoms with Crippen LogP contribution in [0, 0.1) is 5.82 Å². The highest BCUT2D eigenvalue weighted by atomic mass is 19.4. The summed E-state index contributed by atoms with van der Waals surface area (Å²) in [6.07, 6.45) is 1.56. The van der Waals surface area contributed by atoms with Crippen molar-refractivity contribution in [3.63, 3.8) is 0 Å². The van der Waals surface area contributed by atoms with Crippen molar-refractivity contribution < 1.29 is 22.4 Å². The third-order valence-corrected chi connectivity index (χ3v) is 6.21. The van der Waals surface area contributed by atoms with Crippen molar-refractivity contribution in [1.29, 1.82) is 0 Å². The van der Waals surface area contributed by atoms with Crippen molar-refractivity contribution >= 4 is 23.2 Å². The summed E-state index contributed by atoms with van der Waals surface area (Å²) in [5.74, 6) is -0.268. The summed E-state index contributed by atoms with van der Waals surface area (Å²) >= 11 is 0. The molecule has 11 heteroatoms. The maximum atomic E-state index is 13.9. The number of hydrogen-bond donors (Lipinski definition) is 1. The number of amides is 2. The van der Waals surface area contributed by atoms with E-state index < -0.39 is 23.6 Å². The molecule has 7 nitrogen and oxygen atoms in total. The molecule has 2 aliphatic rings. The summed E-state index contributed by atoms with van der Waals surface area (Å²) in [6, 6.07) is 3.35. The fraction of sp³-hybridized carbons (Fsp3) is 0.409. The highest BCUT2D eigenvalue weighted by Gasteiger charge is 2.38. The third-order valence-electron chi connectivity index (χ3n) is 6.21. The van der Waals surface area contributed by atoms with E-state index in [2.05, 4.69) is 15.4 Å². The van der Waals surface area contributed by atoms with Gasteiger partial charge >= 0.3 is 12.2 Å². The molecule has 0 spiro atoms. The number of nitrogens with zero attached hydrogens (tertiary/aromatic N) is 5. The Morgan fingerprint density at radius 1 is 1.09 bits per heavy atom. The molecule has 2 saturated heterocycles. The molecule has 2 aliphatic heterocycles. The van der Waals surface area contributed by atoms with Crippen LogP contribution in [-0.4, -0.2) is 45.2 Å². The van der Waals surface area contributed by atoms with E-state index in [0.717, 1.165) is 31.0 Å². The molecule has 4 heterocycles. The lowest BCUT2D eigenvalue weighted by molar-refractivity contribution is -0.138. The summed E-state index contributed by atoms with van der Waals surface area (Å²) < 4.78 is 56.3. The van der Waals surface area contributed by atoms with E-state index >= 15 is 0 Å². The summed E-state index contributed by atoms with van der Waals surface area (Å²) in [5, 5.41) is 7.03. The average Bonchev–Trinajstić information content (AvgIpc) is 3.53. The van der Waals surface area contributed by atoms with Gasteiger partial charge in [0, 0.05) is 25.8 Å². The Morgan fingerprint density at radius 2 is 1.88 bits per heavy atom. The lowest BCUT2D eigenvalue weighted by atomic mass is 9.97. The Labute approximate surface area is 187 Å². The van der Waals surface area contributed by atoms with Gasteiger partial charge in [-0.05, 0) is 55.5 Å². The van der Waals surface area contributed by atoms with Gasteiger partial charge in [-0.3, -0.25) is 0 Å². The summed E-state index contributed by atoms with van der Waals surface area (Å²) in [5.41, 5.74) is -0.130. The number of urea groups is 1. The lowest BCUT2D eigenvalue weighted by Gasteiger charge is -2.28. The largest absolute Gasteiger partial charge is 0.416 e. The van der Waals surface area contributed by atoms with E-state index in [1.807, 2.05) is 0 Å². The van der Waals surface area contributed by atoms with Gasteiger partial charge in [0.1, 0.15) is 17.3 Å². The fourth-order valence-electron chi connectivity index (χ4n) is 4.65. The minimum Gasteiger partial charge on any atom is -0.349 e. The predicted octanol–water partition coefficient (Wildman–Crippen LogP) is 4.86. The number of nitrogens with one attached hydrogen (secondary N) is 1. The molecular formula is C22H22F4N6O. The van der Waals surface area contributed by atoms with E-state index in [9.17, 15) is 22.4 Å². The standard InChI is InChI=1S/C22H22F4N6O/c23-14-5-6-16(22(24,25)26)15(12-14)18-4-3-10-31(18)19-7-11-32-20(29-19)17(13-27-32)28-21(33)30-8-1-2-9-30/h5-7,11-13,18H,1-4,8-10H2,(H,28,33). The zero-order chi connectivity index (χ0) is 23.2. The molecule has 5 rings (SSSR count). The SMILES string of the molecule is O=C(Nc1cnn2ccc(N3CCCC3c3cc(F)ccc3C(F)(F)F)nc12)N1CCCC1. The maximum absolute atomic E-state index is 13.9. The van der Waals surface area contributed by atoms with E-state index in [0.29, 0.717) is 49.6 Å². The maximum Gasteiger partial charge on any atom is 0.416 e. The van der Waals surface area contributed by atoms with Gasteiger partial charge in [0.15, 0.2) is 5.65 Å². The fourth-order valence-corrected chi connectivity index (χ4v) is 4.65. The minimum absolute atomic E-state index is 0.0993. The first-order valence-corrected chi connectivity index (χ1v) is 10.8. The molecule has 0 aliphatic carbocycles. The van der Waals surface area contributed by atoms with Crippen molar-refractivity contribution in [3.8, 4) is 0 Å². The van der Waals surface area contributed by atoms with Gasteiger partial charge in [-0.1, -0.05) is 0 Å². The molecule has 2 fully saturated rings. The minimum atomic E-state index is -4.59. The molecule has 2 amide bonds. The van der Waals surface area contributed by atoms with Crippen molar-refractivity contribution in [3.05, 3.63) is 53.6 Å². The van der Waals surface area contributed by atoms with Gasteiger partial charge in [-0.25, -0.2) is 18.7 Å². The van der Waals surface area contributed by atoms with Crippen LogP contribution < -0.4 is 10.2 Å². The number of rotatable bonds is 3. The first kappa shape index (κ1) is 21.5. The molecule has 1 aromatic carbocycles. The number of hydrogen-bond acceptors (Lipinski definition) is 4. The van der Waals surface area contributed by atoms with E-state index in [4.69, 9.17) is 0 Å². The Bertz CT molecular complexity index is 1190. The molecule has 2 aromatic heterocycles. The van der Waals surface area contributed by atoms with Crippen LogP contribution in [-0.2, 0) is 6.18 Å².